The van der Waals surface area contributed by atoms with Gasteiger partial charge in [-0.1, -0.05) is 18.6 Å². The molecule has 0 radical (unpaired) electrons. The molecular formula is C23H28FN3O4S. The molecule has 0 unspecified atom stereocenters. The number of anilines is 2. The second-order valence-electron chi connectivity index (χ2n) is 8.09. The molecule has 172 valence electrons. The van der Waals surface area contributed by atoms with Crippen molar-refractivity contribution < 1.29 is 22.3 Å². The Balaban J connectivity index is 1.61. The minimum Gasteiger partial charge on any atom is -0.378 e. The lowest BCUT2D eigenvalue weighted by Crippen LogP contribution is -2.37. The van der Waals surface area contributed by atoms with Crippen LogP contribution in [0.1, 0.15) is 24.8 Å². The summed E-state index contributed by atoms with van der Waals surface area (Å²) in [5.74, 6) is -0.655. The molecule has 7 nitrogen and oxygen atoms in total. The molecule has 0 aliphatic carbocycles. The van der Waals surface area contributed by atoms with Gasteiger partial charge < -0.3 is 15.0 Å². The molecule has 2 aliphatic rings. The van der Waals surface area contributed by atoms with Gasteiger partial charge in [0, 0.05) is 26.2 Å². The molecule has 32 heavy (non-hydrogen) atoms. The van der Waals surface area contributed by atoms with Gasteiger partial charge in [-0.25, -0.2) is 12.8 Å². The zero-order chi connectivity index (χ0) is 22.6. The number of benzene rings is 2. The van der Waals surface area contributed by atoms with Crippen molar-refractivity contribution in [2.45, 2.75) is 30.6 Å². The van der Waals surface area contributed by atoms with Crippen LogP contribution in [0.2, 0.25) is 0 Å². The Morgan fingerprint density at radius 2 is 1.66 bits per heavy atom. The highest BCUT2D eigenvalue weighted by Gasteiger charge is 2.27. The Bertz CT molecular complexity index is 1050. The van der Waals surface area contributed by atoms with Gasteiger partial charge in [-0.2, -0.15) is 4.31 Å². The predicted molar refractivity (Wildman–Crippen MR) is 121 cm³/mol. The molecule has 9 heteroatoms. The molecule has 2 fully saturated rings. The Morgan fingerprint density at radius 3 is 2.34 bits per heavy atom. The van der Waals surface area contributed by atoms with E-state index in [1.807, 2.05) is 0 Å². The van der Waals surface area contributed by atoms with Crippen molar-refractivity contribution in [3.8, 4) is 0 Å². The zero-order valence-corrected chi connectivity index (χ0v) is 18.7. The maximum atomic E-state index is 13.2. The van der Waals surface area contributed by atoms with Gasteiger partial charge in [-0.05, 0) is 48.7 Å². The van der Waals surface area contributed by atoms with Crippen LogP contribution in [-0.2, 0) is 26.0 Å². The highest BCUT2D eigenvalue weighted by Crippen LogP contribution is 2.31. The first kappa shape index (κ1) is 22.7. The first-order valence-corrected chi connectivity index (χ1v) is 12.4. The fraction of sp³-hybridized carbons (Fsp3) is 0.435. The Morgan fingerprint density at radius 1 is 0.969 bits per heavy atom. The summed E-state index contributed by atoms with van der Waals surface area (Å²) < 4.78 is 46.5. The van der Waals surface area contributed by atoms with Crippen molar-refractivity contribution in [1.29, 1.82) is 0 Å². The van der Waals surface area contributed by atoms with E-state index in [1.165, 1.54) is 16.4 Å². The number of nitrogens with zero attached hydrogens (tertiary/aromatic N) is 2. The van der Waals surface area contributed by atoms with Crippen molar-refractivity contribution >= 4 is 27.3 Å². The average molecular weight is 462 g/mol. The number of ether oxygens (including phenoxy) is 1. The highest BCUT2D eigenvalue weighted by atomic mass is 32.2. The molecule has 0 bridgehead atoms. The standard InChI is InChI=1S/C23H28FN3O4S/c24-19-6-4-18(5-7-19)16-23(28)25-21-17-20(32(29,30)27-10-2-1-3-11-27)8-9-22(21)26-12-14-31-15-13-26/h4-9,17H,1-3,10-16H2,(H,25,28). The Labute approximate surface area is 188 Å². The highest BCUT2D eigenvalue weighted by molar-refractivity contribution is 7.89. The van der Waals surface area contributed by atoms with Crippen LogP contribution in [0.5, 0.6) is 0 Å². The number of hydrogen-bond acceptors (Lipinski definition) is 5. The Kier molecular flexibility index (Phi) is 7.07. The molecule has 1 amide bonds. The second kappa shape index (κ2) is 9.97. The fourth-order valence-electron chi connectivity index (χ4n) is 4.09. The summed E-state index contributed by atoms with van der Waals surface area (Å²) in [7, 11) is -3.63. The lowest BCUT2D eigenvalue weighted by molar-refractivity contribution is -0.115. The quantitative estimate of drug-likeness (QED) is 0.716. The lowest BCUT2D eigenvalue weighted by Gasteiger charge is -2.31. The van der Waals surface area contributed by atoms with E-state index in [4.69, 9.17) is 4.74 Å². The number of hydrogen-bond donors (Lipinski definition) is 1. The van der Waals surface area contributed by atoms with E-state index in [9.17, 15) is 17.6 Å². The molecule has 4 rings (SSSR count). The smallest absolute Gasteiger partial charge is 0.243 e. The monoisotopic (exact) mass is 461 g/mol. The van der Waals surface area contributed by atoms with Crippen LogP contribution in [-0.4, -0.2) is 58.0 Å². The van der Waals surface area contributed by atoms with Crippen molar-refractivity contribution in [3.63, 3.8) is 0 Å². The van der Waals surface area contributed by atoms with Crippen molar-refractivity contribution in [2.75, 3.05) is 49.6 Å². The number of rotatable bonds is 6. The van der Waals surface area contributed by atoms with E-state index >= 15 is 0 Å². The van der Waals surface area contributed by atoms with Crippen molar-refractivity contribution in [1.82, 2.24) is 4.31 Å². The van der Waals surface area contributed by atoms with E-state index < -0.39 is 10.0 Å². The summed E-state index contributed by atoms with van der Waals surface area (Å²) in [4.78, 5) is 15.0. The van der Waals surface area contributed by atoms with Crippen molar-refractivity contribution in [3.05, 3.63) is 53.8 Å². The molecule has 2 heterocycles. The summed E-state index contributed by atoms with van der Waals surface area (Å²) in [6.07, 6.45) is 2.80. The van der Waals surface area contributed by atoms with Crippen LogP contribution < -0.4 is 10.2 Å². The summed E-state index contributed by atoms with van der Waals surface area (Å²) in [5, 5.41) is 2.89. The van der Waals surface area contributed by atoms with E-state index in [0.717, 1.165) is 24.9 Å². The maximum Gasteiger partial charge on any atom is 0.243 e. The van der Waals surface area contributed by atoms with Crippen LogP contribution in [0.25, 0.3) is 0 Å². The van der Waals surface area contributed by atoms with Gasteiger partial charge in [0.2, 0.25) is 15.9 Å². The van der Waals surface area contributed by atoms with Crippen LogP contribution in [0.3, 0.4) is 0 Å². The number of halogens is 1. The van der Waals surface area contributed by atoms with Gasteiger partial charge in [0.25, 0.3) is 0 Å². The molecule has 0 atom stereocenters. The van der Waals surface area contributed by atoms with E-state index in [1.54, 1.807) is 30.3 Å². The number of sulfonamides is 1. The van der Waals surface area contributed by atoms with Crippen LogP contribution in [0.4, 0.5) is 15.8 Å². The third kappa shape index (κ3) is 5.28. The van der Waals surface area contributed by atoms with Gasteiger partial charge in [0.1, 0.15) is 5.82 Å². The third-order valence-corrected chi connectivity index (χ3v) is 7.72. The van der Waals surface area contributed by atoms with Crippen molar-refractivity contribution in [2.24, 2.45) is 0 Å². The molecule has 0 aromatic heterocycles. The minimum atomic E-state index is -3.63. The summed E-state index contributed by atoms with van der Waals surface area (Å²) in [6, 6.07) is 10.7. The van der Waals surface area contributed by atoms with Gasteiger partial charge in [-0.3, -0.25) is 4.79 Å². The number of carbonyl (C=O) groups is 1. The predicted octanol–water partition coefficient (Wildman–Crippen LogP) is 3.02. The lowest BCUT2D eigenvalue weighted by atomic mass is 10.1. The van der Waals surface area contributed by atoms with Crippen LogP contribution in [0, 0.1) is 5.82 Å². The molecule has 2 saturated heterocycles. The van der Waals surface area contributed by atoms with E-state index in [2.05, 4.69) is 10.2 Å². The van der Waals surface area contributed by atoms with Gasteiger partial charge in [0.15, 0.2) is 0 Å². The number of piperidine rings is 1. The number of morpholine rings is 1. The summed E-state index contributed by atoms with van der Waals surface area (Å²) in [6.45, 7) is 3.46. The molecule has 2 aromatic rings. The minimum absolute atomic E-state index is 0.0614. The maximum absolute atomic E-state index is 13.2. The molecule has 2 aromatic carbocycles. The fourth-order valence-corrected chi connectivity index (χ4v) is 5.64. The summed E-state index contributed by atoms with van der Waals surface area (Å²) >= 11 is 0. The Hall–Kier alpha value is -2.49. The van der Waals surface area contributed by atoms with Gasteiger partial charge >= 0.3 is 0 Å². The normalized spacial score (nSPS) is 17.8. The molecular weight excluding hydrogens is 433 g/mol. The van der Waals surface area contributed by atoms with E-state index in [0.29, 0.717) is 50.6 Å². The average Bonchev–Trinajstić information content (AvgIpc) is 2.81. The molecule has 0 saturated carbocycles. The van der Waals surface area contributed by atoms with Gasteiger partial charge in [0.05, 0.1) is 35.9 Å². The zero-order valence-electron chi connectivity index (χ0n) is 17.9. The van der Waals surface area contributed by atoms with Gasteiger partial charge in [-0.15, -0.1) is 0 Å². The summed E-state index contributed by atoms with van der Waals surface area (Å²) in [5.41, 5.74) is 1.89. The largest absolute Gasteiger partial charge is 0.378 e. The molecule has 2 aliphatic heterocycles. The van der Waals surface area contributed by atoms with Crippen LogP contribution >= 0.6 is 0 Å². The topological polar surface area (TPSA) is 79.0 Å². The van der Waals surface area contributed by atoms with Crippen LogP contribution in [0.15, 0.2) is 47.4 Å². The SMILES string of the molecule is O=C(Cc1ccc(F)cc1)Nc1cc(S(=O)(=O)N2CCCCC2)ccc1N1CCOCC1. The molecule has 1 N–H and O–H groups in total. The first-order chi connectivity index (χ1) is 15.4. The number of amides is 1. The second-order valence-corrected chi connectivity index (χ2v) is 10.0. The third-order valence-electron chi connectivity index (χ3n) is 5.82. The number of carbonyl (C=O) groups excluding carboxylic acids is 1. The number of nitrogens with one attached hydrogen (secondary N) is 1. The van der Waals surface area contributed by atoms with E-state index in [-0.39, 0.29) is 23.0 Å². The first-order valence-electron chi connectivity index (χ1n) is 10.9. The molecule has 0 spiro atoms.